The van der Waals surface area contributed by atoms with Crippen molar-refractivity contribution >= 4 is 5.91 Å². The van der Waals surface area contributed by atoms with Crippen molar-refractivity contribution in [2.24, 2.45) is 0 Å². The van der Waals surface area contributed by atoms with Crippen molar-refractivity contribution in [3.05, 3.63) is 36.5 Å². The van der Waals surface area contributed by atoms with E-state index in [1.807, 2.05) is 6.08 Å². The van der Waals surface area contributed by atoms with E-state index in [2.05, 4.69) is 43.5 Å². The van der Waals surface area contributed by atoms with Gasteiger partial charge in [-0.1, -0.05) is 159 Å². The summed E-state index contributed by atoms with van der Waals surface area (Å²) in [5, 5.41) is 22.5. The highest BCUT2D eigenvalue weighted by Gasteiger charge is 2.17. The second-order valence-electron chi connectivity index (χ2n) is 11.9. The van der Waals surface area contributed by atoms with Gasteiger partial charge in [-0.15, -0.1) is 0 Å². The number of hydrogen-bond donors (Lipinski definition) is 3. The highest BCUT2D eigenvalue weighted by atomic mass is 16.3. The van der Waals surface area contributed by atoms with E-state index in [1.54, 1.807) is 6.08 Å². The number of unbranched alkanes of at least 4 members (excludes halogenated alkanes) is 20. The maximum Gasteiger partial charge on any atom is 0.220 e. The molecule has 0 aliphatic carbocycles. The molecule has 0 spiro atoms. The van der Waals surface area contributed by atoms with E-state index >= 15 is 0 Å². The van der Waals surface area contributed by atoms with Gasteiger partial charge >= 0.3 is 0 Å². The molecule has 3 N–H and O–H groups in total. The van der Waals surface area contributed by atoms with Crippen LogP contribution in [0.15, 0.2) is 36.5 Å². The molecule has 0 radical (unpaired) electrons. The van der Waals surface area contributed by atoms with Crippen LogP contribution in [0.3, 0.4) is 0 Å². The Labute approximate surface area is 255 Å². The third-order valence-corrected chi connectivity index (χ3v) is 7.85. The second kappa shape index (κ2) is 33.1. The Morgan fingerprint density at radius 3 is 1.41 bits per heavy atom. The lowest BCUT2D eigenvalue weighted by Gasteiger charge is -2.19. The van der Waals surface area contributed by atoms with E-state index in [4.69, 9.17) is 0 Å². The lowest BCUT2D eigenvalue weighted by atomic mass is 10.0. The van der Waals surface area contributed by atoms with Gasteiger partial charge in [-0.3, -0.25) is 4.79 Å². The number of rotatable bonds is 31. The average molecular weight is 576 g/mol. The van der Waals surface area contributed by atoms with Crippen LogP contribution in [0.1, 0.15) is 174 Å². The molecule has 0 aromatic heterocycles. The number of carbonyl (C=O) groups is 1. The normalized spacial score (nSPS) is 13.6. The number of allylic oxidation sites excluding steroid dienone is 5. The molecule has 0 rings (SSSR count). The fourth-order valence-electron chi connectivity index (χ4n) is 5.09. The lowest BCUT2D eigenvalue weighted by molar-refractivity contribution is -0.123. The maximum absolute atomic E-state index is 11.9. The average Bonchev–Trinajstić information content (AvgIpc) is 2.97. The molecule has 0 heterocycles. The summed E-state index contributed by atoms with van der Waals surface area (Å²) >= 11 is 0. The quantitative estimate of drug-likeness (QED) is 0.0569. The zero-order chi connectivity index (χ0) is 30.1. The largest absolute Gasteiger partial charge is 0.394 e. The van der Waals surface area contributed by atoms with Crippen molar-refractivity contribution in [3.63, 3.8) is 0 Å². The molecule has 0 aliphatic rings. The second-order valence-corrected chi connectivity index (χ2v) is 11.9. The molecular weight excluding hydrogens is 506 g/mol. The first kappa shape index (κ1) is 39.6. The Hall–Kier alpha value is -1.39. The summed E-state index contributed by atoms with van der Waals surface area (Å²) in [5.41, 5.74) is 0. The molecule has 2 unspecified atom stereocenters. The fraction of sp³-hybridized carbons (Fsp3) is 0.811. The van der Waals surface area contributed by atoms with Crippen LogP contribution in [0.5, 0.6) is 0 Å². The summed E-state index contributed by atoms with van der Waals surface area (Å²) in [6.07, 6.45) is 43.1. The first-order valence-electron chi connectivity index (χ1n) is 17.7. The summed E-state index contributed by atoms with van der Waals surface area (Å²) in [5.74, 6) is -0.105. The van der Waals surface area contributed by atoms with Crippen LogP contribution in [0.25, 0.3) is 0 Å². The van der Waals surface area contributed by atoms with E-state index in [1.165, 1.54) is 109 Å². The van der Waals surface area contributed by atoms with E-state index in [-0.39, 0.29) is 12.5 Å². The Morgan fingerprint density at radius 1 is 0.561 bits per heavy atom. The fourth-order valence-corrected chi connectivity index (χ4v) is 5.09. The number of aliphatic hydroxyl groups excluding tert-OH is 2. The highest BCUT2D eigenvalue weighted by Crippen LogP contribution is 2.14. The molecule has 0 aromatic rings. The Kier molecular flexibility index (Phi) is 32.0. The van der Waals surface area contributed by atoms with Gasteiger partial charge in [-0.05, 0) is 44.9 Å². The Morgan fingerprint density at radius 2 is 0.951 bits per heavy atom. The first-order chi connectivity index (χ1) is 20.2. The van der Waals surface area contributed by atoms with Crippen molar-refractivity contribution in [3.8, 4) is 0 Å². The molecule has 41 heavy (non-hydrogen) atoms. The molecular formula is C37H69NO3. The van der Waals surface area contributed by atoms with Gasteiger partial charge in [0.1, 0.15) is 0 Å². The van der Waals surface area contributed by atoms with Crippen molar-refractivity contribution in [2.75, 3.05) is 6.61 Å². The topological polar surface area (TPSA) is 69.6 Å². The summed E-state index contributed by atoms with van der Waals surface area (Å²) in [6.45, 7) is 4.12. The molecule has 0 aliphatic heterocycles. The van der Waals surface area contributed by atoms with Gasteiger partial charge in [0.2, 0.25) is 5.91 Å². The predicted molar refractivity (Wildman–Crippen MR) is 179 cm³/mol. The van der Waals surface area contributed by atoms with Gasteiger partial charge in [-0.2, -0.15) is 0 Å². The summed E-state index contributed by atoms with van der Waals surface area (Å²) in [6, 6.07) is -0.637. The van der Waals surface area contributed by atoms with Gasteiger partial charge < -0.3 is 15.5 Å². The third-order valence-electron chi connectivity index (χ3n) is 7.85. The number of amides is 1. The SMILES string of the molecule is CCCCCCCCCCCCCCCCCC/C=C/CC/C=C/CC/C=C/C(O)C(CO)NC(=O)CCCCC. The Balaban J connectivity index is 3.51. The van der Waals surface area contributed by atoms with Gasteiger partial charge in [0.25, 0.3) is 0 Å². The van der Waals surface area contributed by atoms with Crippen molar-refractivity contribution in [1.82, 2.24) is 5.32 Å². The summed E-state index contributed by atoms with van der Waals surface area (Å²) < 4.78 is 0. The van der Waals surface area contributed by atoms with E-state index < -0.39 is 12.1 Å². The van der Waals surface area contributed by atoms with Crippen LogP contribution in [0, 0.1) is 0 Å². The molecule has 0 bridgehead atoms. The monoisotopic (exact) mass is 576 g/mol. The van der Waals surface area contributed by atoms with Crippen molar-refractivity contribution in [1.29, 1.82) is 0 Å². The van der Waals surface area contributed by atoms with Gasteiger partial charge in [0, 0.05) is 6.42 Å². The number of aliphatic hydroxyl groups is 2. The maximum atomic E-state index is 11.9. The molecule has 240 valence electrons. The highest BCUT2D eigenvalue weighted by molar-refractivity contribution is 5.76. The van der Waals surface area contributed by atoms with E-state index in [0.717, 1.165) is 44.9 Å². The molecule has 1 amide bonds. The zero-order valence-electron chi connectivity index (χ0n) is 27.3. The predicted octanol–water partition coefficient (Wildman–Crippen LogP) is 10.3. The molecule has 2 atom stereocenters. The molecule has 0 saturated heterocycles. The minimum Gasteiger partial charge on any atom is -0.394 e. The van der Waals surface area contributed by atoms with Gasteiger partial charge in [-0.25, -0.2) is 0 Å². The zero-order valence-corrected chi connectivity index (χ0v) is 27.3. The van der Waals surface area contributed by atoms with Crippen LogP contribution in [-0.2, 0) is 4.79 Å². The molecule has 0 saturated carbocycles. The third kappa shape index (κ3) is 29.9. The standard InChI is InChI=1S/C37H69NO3/c1-3-5-7-8-9-10-11-12-13-14-15-16-17-18-19-20-21-22-23-24-25-26-27-28-29-31-32-36(40)35(34-39)38-37(41)33-30-6-4-2/h22-23,26-27,31-32,35-36,39-40H,3-21,24-25,28-30,33-34H2,1-2H3,(H,38,41)/b23-22+,27-26+,32-31+. The molecule has 4 nitrogen and oxygen atoms in total. The lowest BCUT2D eigenvalue weighted by Crippen LogP contribution is -2.45. The minimum absolute atomic E-state index is 0.105. The molecule has 0 fully saturated rings. The Bertz CT molecular complexity index is 628. The van der Waals surface area contributed by atoms with Crippen LogP contribution in [-0.4, -0.2) is 34.9 Å². The first-order valence-corrected chi connectivity index (χ1v) is 17.7. The minimum atomic E-state index is -0.862. The summed E-state index contributed by atoms with van der Waals surface area (Å²) in [4.78, 5) is 11.9. The van der Waals surface area contributed by atoms with Crippen molar-refractivity contribution < 1.29 is 15.0 Å². The van der Waals surface area contributed by atoms with E-state index in [0.29, 0.717) is 6.42 Å². The van der Waals surface area contributed by atoms with E-state index in [9.17, 15) is 15.0 Å². The molecule has 0 aromatic carbocycles. The molecule has 4 heteroatoms. The summed E-state index contributed by atoms with van der Waals surface area (Å²) in [7, 11) is 0. The van der Waals surface area contributed by atoms with Crippen LogP contribution >= 0.6 is 0 Å². The van der Waals surface area contributed by atoms with Crippen molar-refractivity contribution in [2.45, 2.75) is 187 Å². The van der Waals surface area contributed by atoms with Gasteiger partial charge in [0.15, 0.2) is 0 Å². The van der Waals surface area contributed by atoms with Gasteiger partial charge in [0.05, 0.1) is 18.8 Å². The smallest absolute Gasteiger partial charge is 0.220 e. The number of carbonyl (C=O) groups excluding carboxylic acids is 1. The van der Waals surface area contributed by atoms with Crippen LogP contribution in [0.2, 0.25) is 0 Å². The number of hydrogen-bond acceptors (Lipinski definition) is 3. The van der Waals surface area contributed by atoms with Crippen LogP contribution < -0.4 is 5.32 Å². The van der Waals surface area contributed by atoms with Crippen LogP contribution in [0.4, 0.5) is 0 Å². The number of nitrogens with one attached hydrogen (secondary N) is 1.